The molecule has 4 nitrogen and oxygen atoms in total. The van der Waals surface area contributed by atoms with Crippen molar-refractivity contribution in [1.29, 1.82) is 0 Å². The lowest BCUT2D eigenvalue weighted by Gasteiger charge is -2.16. The lowest BCUT2D eigenvalue weighted by Crippen LogP contribution is -2.14. The molecule has 0 saturated heterocycles. The van der Waals surface area contributed by atoms with E-state index in [1.165, 1.54) is 25.3 Å². The number of anilines is 2. The molecular weight excluding hydrogens is 245 g/mol. The lowest BCUT2D eigenvalue weighted by atomic mass is 9.88. The van der Waals surface area contributed by atoms with Gasteiger partial charge in [-0.2, -0.15) is 0 Å². The standard InChI is InChI=1S/C14H14FN3O/c1-8(19)13(9-2-4-10(15)5-3-9)12-6-11(16)7-18-14(12)17/h2-7,13H,16H2,1H3,(H2,17,18). The van der Waals surface area contributed by atoms with Crippen molar-refractivity contribution in [3.8, 4) is 0 Å². The fourth-order valence-corrected chi connectivity index (χ4v) is 2.03. The molecule has 0 spiro atoms. The van der Waals surface area contributed by atoms with Gasteiger partial charge < -0.3 is 11.5 Å². The van der Waals surface area contributed by atoms with Crippen molar-refractivity contribution >= 4 is 17.3 Å². The van der Waals surface area contributed by atoms with Crippen LogP contribution in [0.3, 0.4) is 0 Å². The molecule has 0 bridgehead atoms. The summed E-state index contributed by atoms with van der Waals surface area (Å²) in [6, 6.07) is 7.36. The van der Waals surface area contributed by atoms with Gasteiger partial charge in [-0.15, -0.1) is 0 Å². The predicted octanol–water partition coefficient (Wildman–Crippen LogP) is 2.11. The number of nitrogens with zero attached hydrogens (tertiary/aromatic N) is 1. The maximum Gasteiger partial charge on any atom is 0.141 e. The maximum absolute atomic E-state index is 13.0. The molecule has 0 amide bonds. The average Bonchev–Trinajstić information content (AvgIpc) is 2.36. The van der Waals surface area contributed by atoms with Crippen LogP contribution in [0.4, 0.5) is 15.9 Å². The molecule has 2 rings (SSSR count). The number of Topliss-reactive ketones (excluding diaryl/α,β-unsaturated/α-hetero) is 1. The van der Waals surface area contributed by atoms with Crippen molar-refractivity contribution in [1.82, 2.24) is 4.98 Å². The number of aromatic nitrogens is 1. The smallest absolute Gasteiger partial charge is 0.141 e. The van der Waals surface area contributed by atoms with E-state index in [2.05, 4.69) is 4.98 Å². The Hall–Kier alpha value is -2.43. The van der Waals surface area contributed by atoms with Gasteiger partial charge in [0.2, 0.25) is 0 Å². The molecule has 0 radical (unpaired) electrons. The number of hydrogen-bond donors (Lipinski definition) is 2. The SMILES string of the molecule is CC(=O)C(c1ccc(F)cc1)c1cc(N)cnc1N. The second-order valence-corrected chi connectivity index (χ2v) is 4.34. The molecule has 4 N–H and O–H groups in total. The number of carbonyl (C=O) groups excluding carboxylic acids is 1. The van der Waals surface area contributed by atoms with E-state index in [1.807, 2.05) is 0 Å². The Bertz CT molecular complexity index is 611. The highest BCUT2D eigenvalue weighted by Crippen LogP contribution is 2.30. The minimum atomic E-state index is -0.586. The lowest BCUT2D eigenvalue weighted by molar-refractivity contribution is -0.117. The van der Waals surface area contributed by atoms with Crippen LogP contribution in [0.25, 0.3) is 0 Å². The van der Waals surface area contributed by atoms with Crippen molar-refractivity contribution < 1.29 is 9.18 Å². The Morgan fingerprint density at radius 3 is 2.47 bits per heavy atom. The summed E-state index contributed by atoms with van der Waals surface area (Å²) >= 11 is 0. The third kappa shape index (κ3) is 2.70. The van der Waals surface area contributed by atoms with E-state index in [0.717, 1.165) is 0 Å². The Balaban J connectivity index is 2.54. The first kappa shape index (κ1) is 13.0. The molecule has 0 aliphatic rings. The molecule has 0 fully saturated rings. The molecule has 0 aliphatic carbocycles. The minimum Gasteiger partial charge on any atom is -0.397 e. The zero-order valence-electron chi connectivity index (χ0n) is 10.4. The first-order valence-electron chi connectivity index (χ1n) is 5.76. The van der Waals surface area contributed by atoms with Crippen molar-refractivity contribution in [2.75, 3.05) is 11.5 Å². The van der Waals surface area contributed by atoms with Crippen LogP contribution >= 0.6 is 0 Å². The van der Waals surface area contributed by atoms with Crippen LogP contribution in [0.5, 0.6) is 0 Å². The number of halogens is 1. The summed E-state index contributed by atoms with van der Waals surface area (Å²) in [5, 5.41) is 0. The minimum absolute atomic E-state index is 0.106. The van der Waals surface area contributed by atoms with Crippen LogP contribution in [0.15, 0.2) is 36.5 Å². The maximum atomic E-state index is 13.0. The van der Waals surface area contributed by atoms with Gasteiger partial charge in [-0.1, -0.05) is 12.1 Å². The second kappa shape index (κ2) is 5.06. The summed E-state index contributed by atoms with van der Waals surface area (Å²) < 4.78 is 13.0. The highest BCUT2D eigenvalue weighted by Gasteiger charge is 2.22. The normalized spacial score (nSPS) is 12.1. The Morgan fingerprint density at radius 2 is 1.89 bits per heavy atom. The Morgan fingerprint density at radius 1 is 1.26 bits per heavy atom. The van der Waals surface area contributed by atoms with E-state index < -0.39 is 5.92 Å². The molecule has 1 unspecified atom stereocenters. The van der Waals surface area contributed by atoms with Crippen LogP contribution < -0.4 is 11.5 Å². The van der Waals surface area contributed by atoms with Gasteiger partial charge >= 0.3 is 0 Å². The monoisotopic (exact) mass is 259 g/mol. The van der Waals surface area contributed by atoms with E-state index in [-0.39, 0.29) is 17.4 Å². The molecule has 5 heteroatoms. The first-order chi connectivity index (χ1) is 8.99. The molecular formula is C14H14FN3O. The van der Waals surface area contributed by atoms with Gasteiger partial charge in [-0.3, -0.25) is 4.79 Å². The molecule has 0 aliphatic heterocycles. The molecule has 1 aromatic heterocycles. The molecule has 1 atom stereocenters. The number of nitrogens with two attached hydrogens (primary N) is 2. The molecule has 98 valence electrons. The summed E-state index contributed by atoms with van der Waals surface area (Å²) in [6.45, 7) is 1.46. The van der Waals surface area contributed by atoms with Gasteiger partial charge in [0.15, 0.2) is 0 Å². The highest BCUT2D eigenvalue weighted by atomic mass is 19.1. The van der Waals surface area contributed by atoms with Gasteiger partial charge in [-0.05, 0) is 30.7 Å². The van der Waals surface area contributed by atoms with Crippen molar-refractivity contribution in [2.45, 2.75) is 12.8 Å². The summed E-state index contributed by atoms with van der Waals surface area (Å²) in [4.78, 5) is 15.8. The first-order valence-corrected chi connectivity index (χ1v) is 5.76. The number of nitrogen functional groups attached to an aromatic ring is 2. The van der Waals surface area contributed by atoms with Crippen LogP contribution in [0.1, 0.15) is 24.0 Å². The molecule has 0 saturated carbocycles. The summed E-state index contributed by atoms with van der Waals surface area (Å²) in [5.74, 6) is -0.800. The van der Waals surface area contributed by atoms with Gasteiger partial charge in [-0.25, -0.2) is 9.37 Å². The second-order valence-electron chi connectivity index (χ2n) is 4.34. The average molecular weight is 259 g/mol. The van der Waals surface area contributed by atoms with Crippen LogP contribution in [-0.2, 0) is 4.79 Å². The van der Waals surface area contributed by atoms with Gasteiger partial charge in [0.1, 0.15) is 17.4 Å². The van der Waals surface area contributed by atoms with Crippen LogP contribution in [0, 0.1) is 5.82 Å². The number of carbonyl (C=O) groups is 1. The van der Waals surface area contributed by atoms with Crippen molar-refractivity contribution in [3.05, 3.63) is 53.5 Å². The highest BCUT2D eigenvalue weighted by molar-refractivity contribution is 5.88. The zero-order valence-corrected chi connectivity index (χ0v) is 10.4. The number of hydrogen-bond acceptors (Lipinski definition) is 4. The zero-order chi connectivity index (χ0) is 14.0. The Labute approximate surface area is 110 Å². The largest absolute Gasteiger partial charge is 0.397 e. The van der Waals surface area contributed by atoms with Crippen molar-refractivity contribution in [3.63, 3.8) is 0 Å². The molecule has 19 heavy (non-hydrogen) atoms. The predicted molar refractivity (Wildman–Crippen MR) is 72.0 cm³/mol. The van der Waals surface area contributed by atoms with E-state index in [9.17, 15) is 9.18 Å². The third-order valence-electron chi connectivity index (χ3n) is 2.89. The number of ketones is 1. The third-order valence-corrected chi connectivity index (χ3v) is 2.89. The van der Waals surface area contributed by atoms with Gasteiger partial charge in [0.25, 0.3) is 0 Å². The molecule has 1 aromatic carbocycles. The van der Waals surface area contributed by atoms with Gasteiger partial charge in [0.05, 0.1) is 17.8 Å². The molecule has 1 heterocycles. The summed E-state index contributed by atoms with van der Waals surface area (Å²) in [5.41, 5.74) is 13.1. The van der Waals surface area contributed by atoms with Crippen LogP contribution in [0.2, 0.25) is 0 Å². The molecule has 2 aromatic rings. The van der Waals surface area contributed by atoms with E-state index in [1.54, 1.807) is 18.2 Å². The number of rotatable bonds is 3. The number of pyridine rings is 1. The summed E-state index contributed by atoms with van der Waals surface area (Å²) in [6.07, 6.45) is 1.43. The van der Waals surface area contributed by atoms with E-state index in [0.29, 0.717) is 16.8 Å². The quantitative estimate of drug-likeness (QED) is 0.884. The fourth-order valence-electron chi connectivity index (χ4n) is 2.03. The van der Waals surface area contributed by atoms with E-state index >= 15 is 0 Å². The topological polar surface area (TPSA) is 82.0 Å². The van der Waals surface area contributed by atoms with Gasteiger partial charge in [0, 0.05) is 5.56 Å². The van der Waals surface area contributed by atoms with Crippen LogP contribution in [-0.4, -0.2) is 10.8 Å². The number of benzene rings is 1. The summed E-state index contributed by atoms with van der Waals surface area (Å²) in [7, 11) is 0. The fraction of sp³-hybridized carbons (Fsp3) is 0.143. The van der Waals surface area contributed by atoms with E-state index in [4.69, 9.17) is 11.5 Å². The Kier molecular flexibility index (Phi) is 3.46. The van der Waals surface area contributed by atoms with Crippen molar-refractivity contribution in [2.24, 2.45) is 0 Å².